The second-order valence-corrected chi connectivity index (χ2v) is 10.1. The molecule has 5 N–H and O–H groups in total. The molecule has 0 radical (unpaired) electrons. The highest BCUT2D eigenvalue weighted by Gasteiger charge is 2.14. The van der Waals surface area contributed by atoms with Crippen LogP contribution in [0.15, 0.2) is 97.3 Å². The van der Waals surface area contributed by atoms with Crippen molar-refractivity contribution in [2.75, 3.05) is 6.54 Å². The lowest BCUT2D eigenvalue weighted by atomic mass is 9.94. The smallest absolute Gasteiger partial charge is 0.237 e. The summed E-state index contributed by atoms with van der Waals surface area (Å²) in [6.07, 6.45) is 4.44. The lowest BCUT2D eigenvalue weighted by Gasteiger charge is -2.14. The van der Waals surface area contributed by atoms with Crippen LogP contribution >= 0.6 is 0 Å². The molecule has 0 aliphatic carbocycles. The van der Waals surface area contributed by atoms with Gasteiger partial charge in [0.25, 0.3) is 0 Å². The monoisotopic (exact) mass is 564 g/mol. The van der Waals surface area contributed by atoms with Crippen molar-refractivity contribution in [3.63, 3.8) is 0 Å². The summed E-state index contributed by atoms with van der Waals surface area (Å²) in [5.41, 5.74) is 22.8. The summed E-state index contributed by atoms with van der Waals surface area (Å²) in [6.45, 7) is 16.3. The van der Waals surface area contributed by atoms with E-state index in [9.17, 15) is 4.79 Å². The minimum absolute atomic E-state index is 0.218. The SMILES string of the molecule is C=C(N)CNC(=O)[C@@H](N)Cc1ccc(-c2ccc(CC)cc2CC)cc1.CC.Cc1ccc(-c2ccccc2C)nc1. The average molecular weight is 565 g/mol. The molecule has 5 nitrogen and oxygen atoms in total. The van der Waals surface area contributed by atoms with Gasteiger partial charge in [-0.15, -0.1) is 0 Å². The van der Waals surface area contributed by atoms with Gasteiger partial charge in [-0.2, -0.15) is 0 Å². The third kappa shape index (κ3) is 10.3. The lowest BCUT2D eigenvalue weighted by Crippen LogP contribution is -2.43. The van der Waals surface area contributed by atoms with Gasteiger partial charge in [0.05, 0.1) is 18.3 Å². The van der Waals surface area contributed by atoms with E-state index in [-0.39, 0.29) is 12.5 Å². The van der Waals surface area contributed by atoms with Crippen LogP contribution in [0.25, 0.3) is 22.4 Å². The lowest BCUT2D eigenvalue weighted by molar-refractivity contribution is -0.122. The van der Waals surface area contributed by atoms with Crippen LogP contribution < -0.4 is 16.8 Å². The number of carbonyl (C=O) groups excluding carboxylic acids is 1. The molecule has 3 aromatic carbocycles. The van der Waals surface area contributed by atoms with Gasteiger partial charge in [0.2, 0.25) is 5.91 Å². The molecule has 42 heavy (non-hydrogen) atoms. The van der Waals surface area contributed by atoms with Gasteiger partial charge in [-0.05, 0) is 78.1 Å². The van der Waals surface area contributed by atoms with Crippen molar-refractivity contribution in [2.45, 2.75) is 66.8 Å². The van der Waals surface area contributed by atoms with Gasteiger partial charge < -0.3 is 16.8 Å². The Kier molecular flexibility index (Phi) is 14.2. The second kappa shape index (κ2) is 17.6. The largest absolute Gasteiger partial charge is 0.401 e. The fourth-order valence-corrected chi connectivity index (χ4v) is 4.43. The van der Waals surface area contributed by atoms with E-state index < -0.39 is 6.04 Å². The minimum Gasteiger partial charge on any atom is -0.401 e. The number of aryl methyl sites for hydroxylation is 4. The van der Waals surface area contributed by atoms with Crippen LogP contribution in [0.2, 0.25) is 0 Å². The van der Waals surface area contributed by atoms with Gasteiger partial charge in [0.15, 0.2) is 0 Å². The molecule has 5 heteroatoms. The quantitative estimate of drug-likeness (QED) is 0.198. The van der Waals surface area contributed by atoms with Gasteiger partial charge in [-0.3, -0.25) is 9.78 Å². The number of amides is 1. The number of nitrogens with zero attached hydrogens (tertiary/aromatic N) is 1. The fourth-order valence-electron chi connectivity index (χ4n) is 4.43. The number of nitrogens with one attached hydrogen (secondary N) is 1. The van der Waals surface area contributed by atoms with Crippen LogP contribution in [0.4, 0.5) is 0 Å². The molecule has 0 saturated heterocycles. The molecule has 0 saturated carbocycles. The molecule has 4 rings (SSSR count). The summed E-state index contributed by atoms with van der Waals surface area (Å²) in [5.74, 6) is -0.218. The summed E-state index contributed by atoms with van der Waals surface area (Å²) in [7, 11) is 0. The molecular weight excluding hydrogens is 516 g/mol. The van der Waals surface area contributed by atoms with Crippen molar-refractivity contribution >= 4 is 5.91 Å². The molecule has 0 bridgehead atoms. The normalized spacial score (nSPS) is 10.8. The first-order valence-corrected chi connectivity index (χ1v) is 14.9. The standard InChI is InChI=1S/C22H29N3O.C13H13N.C2H6/c1-4-16-8-11-20(18(5-2)12-16)19-9-6-17(7-10-19)13-21(24)22(26)25-14-15(3)23;1-10-7-8-13(14-9-10)12-6-4-3-5-11(12)2;1-2/h6-12,21H,3-5,13-14,23-24H2,1-2H3,(H,25,26);3-9H,1-2H3;1-2H3/t21-;;/m0../s1. The Hall–Kier alpha value is -4.22. The molecule has 0 aliphatic heterocycles. The van der Waals surface area contributed by atoms with Crippen molar-refractivity contribution in [1.29, 1.82) is 0 Å². The number of hydrogen-bond donors (Lipinski definition) is 3. The summed E-state index contributed by atoms with van der Waals surface area (Å²) in [5, 5.41) is 2.68. The van der Waals surface area contributed by atoms with Crippen LogP contribution in [0.1, 0.15) is 55.5 Å². The molecule has 1 heterocycles. The first-order chi connectivity index (χ1) is 20.2. The predicted octanol–water partition coefficient (Wildman–Crippen LogP) is 7.33. The van der Waals surface area contributed by atoms with Gasteiger partial charge in [0.1, 0.15) is 0 Å². The van der Waals surface area contributed by atoms with E-state index in [4.69, 9.17) is 11.5 Å². The highest BCUT2D eigenvalue weighted by atomic mass is 16.2. The van der Waals surface area contributed by atoms with Crippen LogP contribution in [0.3, 0.4) is 0 Å². The number of carbonyl (C=O) groups is 1. The van der Waals surface area contributed by atoms with E-state index in [0.717, 1.165) is 24.1 Å². The average Bonchev–Trinajstić information content (AvgIpc) is 3.02. The summed E-state index contributed by atoms with van der Waals surface area (Å²) in [4.78, 5) is 16.4. The molecule has 0 spiro atoms. The highest BCUT2D eigenvalue weighted by molar-refractivity contribution is 5.82. The van der Waals surface area contributed by atoms with E-state index in [1.807, 2.05) is 44.3 Å². The number of hydrogen-bond acceptors (Lipinski definition) is 4. The zero-order valence-corrected chi connectivity index (χ0v) is 26.2. The van der Waals surface area contributed by atoms with E-state index in [1.54, 1.807) is 0 Å². The molecule has 1 amide bonds. The molecule has 1 aromatic heterocycles. The van der Waals surface area contributed by atoms with Crippen LogP contribution in [-0.4, -0.2) is 23.5 Å². The van der Waals surface area contributed by atoms with E-state index in [2.05, 4.69) is 99.2 Å². The predicted molar refractivity (Wildman–Crippen MR) is 179 cm³/mol. The Labute approximate surface area is 253 Å². The third-order valence-corrected chi connectivity index (χ3v) is 6.84. The molecule has 1 atom stereocenters. The zero-order valence-electron chi connectivity index (χ0n) is 26.2. The van der Waals surface area contributed by atoms with Crippen molar-refractivity contribution in [1.82, 2.24) is 10.3 Å². The van der Waals surface area contributed by atoms with Gasteiger partial charge >= 0.3 is 0 Å². The molecule has 222 valence electrons. The molecular formula is C37H48N4O. The minimum atomic E-state index is -0.602. The van der Waals surface area contributed by atoms with Crippen LogP contribution in [0.5, 0.6) is 0 Å². The molecule has 0 unspecified atom stereocenters. The first kappa shape index (κ1) is 34.0. The summed E-state index contributed by atoms with van der Waals surface area (Å²) < 4.78 is 0. The Morgan fingerprint density at radius 1 is 0.881 bits per heavy atom. The topological polar surface area (TPSA) is 94.0 Å². The number of benzene rings is 3. The fraction of sp³-hybridized carbons (Fsp3) is 0.297. The van der Waals surface area contributed by atoms with Crippen molar-refractivity contribution in [3.8, 4) is 22.4 Å². The maximum absolute atomic E-state index is 12.0. The summed E-state index contributed by atoms with van der Waals surface area (Å²) in [6, 6.07) is 26.8. The Bertz CT molecular complexity index is 1410. The molecule has 0 fully saturated rings. The van der Waals surface area contributed by atoms with Crippen LogP contribution in [0, 0.1) is 13.8 Å². The Morgan fingerprint density at radius 2 is 1.55 bits per heavy atom. The molecule has 0 aliphatic rings. The number of pyridine rings is 1. The van der Waals surface area contributed by atoms with E-state index >= 15 is 0 Å². The first-order valence-electron chi connectivity index (χ1n) is 14.9. The maximum atomic E-state index is 12.0. The van der Waals surface area contributed by atoms with E-state index in [0.29, 0.717) is 12.1 Å². The Morgan fingerprint density at radius 3 is 2.12 bits per heavy atom. The van der Waals surface area contributed by atoms with Gasteiger partial charge in [0, 0.05) is 17.5 Å². The maximum Gasteiger partial charge on any atom is 0.237 e. The molecule has 4 aromatic rings. The zero-order chi connectivity index (χ0) is 31.1. The van der Waals surface area contributed by atoms with Crippen molar-refractivity contribution in [3.05, 3.63) is 125 Å². The summed E-state index contributed by atoms with van der Waals surface area (Å²) >= 11 is 0. The Balaban J connectivity index is 0.000000322. The van der Waals surface area contributed by atoms with Crippen LogP contribution in [-0.2, 0) is 24.1 Å². The van der Waals surface area contributed by atoms with E-state index in [1.165, 1.54) is 38.9 Å². The third-order valence-electron chi connectivity index (χ3n) is 6.84. The van der Waals surface area contributed by atoms with Gasteiger partial charge in [-0.1, -0.05) is 107 Å². The van der Waals surface area contributed by atoms with Gasteiger partial charge in [-0.25, -0.2) is 0 Å². The number of aromatic nitrogens is 1. The van der Waals surface area contributed by atoms with Crippen molar-refractivity contribution < 1.29 is 4.79 Å². The number of nitrogens with two attached hydrogens (primary N) is 2. The second-order valence-electron chi connectivity index (χ2n) is 10.1. The number of rotatable bonds is 9. The van der Waals surface area contributed by atoms with Crippen molar-refractivity contribution in [2.24, 2.45) is 11.5 Å². The highest BCUT2D eigenvalue weighted by Crippen LogP contribution is 2.26.